The Morgan fingerprint density at radius 2 is 0.807 bits per heavy atom. The lowest BCUT2D eigenvalue weighted by Crippen LogP contribution is -2.38. The number of carbonyl (C=O) groups is 3. The summed E-state index contributed by atoms with van der Waals surface area (Å²) in [4.78, 5) is 41.1. The quantitative estimate of drug-likeness (QED) is 0.0174. The molecule has 5 heterocycles. The van der Waals surface area contributed by atoms with Crippen molar-refractivity contribution >= 4 is 79.7 Å². The number of ether oxygens (including phenoxy) is 5. The Labute approximate surface area is 791 Å². The first-order valence-corrected chi connectivity index (χ1v) is 44.4. The standard InChI is InChI=1S/C31H37N5O4.C21H23N3O3.C16H20N2O2.C14H19N3O.C7H10N2O.C7H9NO.C7H11NO.CH4O/c1-21-9-11-25(26(37)19-21)36-29(20-28(34-36)31(2,3)4)33-30(38)32-24-10-12-27(23-8-6-5-7-22(23)24)40-18-15-35-13-16-39-17-14-35;1-14-10-11-16(17(25)12-14)24-19(13-18(23-24)21(2,3)4)22-20(26)27-15-8-6-5-7-9-15;17-15-5-6-16(14-4-2-1-3-13(14)15)20-12-9-18-7-10-19-11-8-18;1-9-5-6-10(11(18)7-9)17-13(15)8-12(16-17)14(2,3)4;1-5-2-3-6(9-8)7(10)4-5;1-5-2-3-6(8)7(9)4-5;1-7(2,3)6(9)4-5-8;1-2/h5-12,19-20,37H,13-18H2,1-4H3,(H2,32,33,38);5-13,25H,1-4H3,(H,22,26);1-6H,7-12,17H2;5-8,18H,15H2,1-4H3;2-4,9-10H,8H2,1H3;2-4,9H,8H2,1H3;4H2,1-3H3;2H,1H3. The van der Waals surface area contributed by atoms with E-state index in [-0.39, 0.29) is 62.6 Å². The maximum Gasteiger partial charge on any atom is 0.418 e. The lowest BCUT2D eigenvalue weighted by atomic mass is 9.89. The summed E-state index contributed by atoms with van der Waals surface area (Å²) in [5.41, 5.74) is 30.1. The van der Waals surface area contributed by atoms with Crippen molar-refractivity contribution in [2.45, 2.75) is 140 Å². The molecule has 18 N–H and O–H groups in total. The van der Waals surface area contributed by atoms with Gasteiger partial charge in [-0.05, 0) is 159 Å². The number of Topliss-reactive ketones (excluding diaryl/α,β-unsaturated/α-hetero) is 1. The van der Waals surface area contributed by atoms with Crippen molar-refractivity contribution in [1.82, 2.24) is 39.1 Å². The van der Waals surface area contributed by atoms with E-state index >= 15 is 0 Å². The minimum atomic E-state index is -0.630. The molecule has 2 aliphatic rings. The van der Waals surface area contributed by atoms with Crippen LogP contribution in [0.25, 0.3) is 38.6 Å². The van der Waals surface area contributed by atoms with Crippen LogP contribution in [0.2, 0.25) is 0 Å². The third-order valence-corrected chi connectivity index (χ3v) is 21.1. The molecule has 0 radical (unpaired) electrons. The summed E-state index contributed by atoms with van der Waals surface area (Å²) in [6.07, 6.45) is -0.599. The van der Waals surface area contributed by atoms with Gasteiger partial charge in [-0.15, -0.1) is 0 Å². The molecule has 0 spiro atoms. The van der Waals surface area contributed by atoms with Gasteiger partial charge in [0.05, 0.1) is 73.1 Å². The third-order valence-electron chi connectivity index (χ3n) is 21.1. The monoisotopic (exact) mass is 1840 g/mol. The first kappa shape index (κ1) is 106. The molecular formula is C104H133N17O14. The summed E-state index contributed by atoms with van der Waals surface area (Å²) < 4.78 is 32.8. The number of ketones is 1. The smallest absolute Gasteiger partial charge is 0.418 e. The molecule has 2 fully saturated rings. The second-order valence-corrected chi connectivity index (χ2v) is 36.3. The number of rotatable bonds is 17. The number of hydrogen-bond donors (Lipinski definition) is 14. The largest absolute Gasteiger partial charge is 0.506 e. The fraction of sp³-hybridized carbons (Fsp3) is 0.337. The van der Waals surface area contributed by atoms with Crippen molar-refractivity contribution in [2.75, 3.05) is 125 Å². The fourth-order valence-corrected chi connectivity index (χ4v) is 13.3. The second kappa shape index (κ2) is 49.4. The Hall–Kier alpha value is -14.4. The molecule has 0 saturated carbocycles. The molecule has 3 aromatic heterocycles. The number of nitriles is 1. The SMILES string of the molecule is CC(C)(C)C(=O)CC#N.CO.Cc1ccc(-n2nc(C(C)(C)C)cc2N)c(O)c1.Cc1ccc(-n2nc(C(C)(C)C)cc2NC(=O)Nc2ccc(OCCN3CCOCC3)c3ccccc23)c(O)c1.Cc1ccc(-n2nc(C(C)(C)C)cc2NC(=O)Oc2ccccc2)c(O)c1.Cc1ccc(N)c(O)c1.Cc1ccc(NN)c(O)c1.Nc1ccc(OCCN2CCOCC2)c2ccccc12. The molecule has 718 valence electrons. The van der Waals surface area contributed by atoms with Crippen molar-refractivity contribution in [3.05, 3.63) is 257 Å². The number of carbonyl (C=O) groups excluding carboxylic acids is 3. The predicted octanol–water partition coefficient (Wildman–Crippen LogP) is 18.8. The number of aromatic hydroxyl groups is 5. The van der Waals surface area contributed by atoms with E-state index in [2.05, 4.69) is 89.0 Å². The number of benzene rings is 10. The highest BCUT2D eigenvalue weighted by molar-refractivity contribution is 6.07. The minimum absolute atomic E-state index is 0.00463. The van der Waals surface area contributed by atoms with Crippen LogP contribution in [0.15, 0.2) is 212 Å². The van der Waals surface area contributed by atoms with Gasteiger partial charge in [0.15, 0.2) is 5.78 Å². The number of phenolic OH excluding ortho intramolecular Hbond substituents is 5. The number of aromatic nitrogens is 6. The molecule has 3 amide bonds. The number of nitrogens with zero attached hydrogens (tertiary/aromatic N) is 9. The van der Waals surface area contributed by atoms with Crippen molar-refractivity contribution in [1.29, 1.82) is 5.26 Å². The van der Waals surface area contributed by atoms with Crippen LogP contribution in [-0.2, 0) is 30.5 Å². The number of morpholine rings is 2. The van der Waals surface area contributed by atoms with Gasteiger partial charge in [0, 0.05) is 113 Å². The van der Waals surface area contributed by atoms with E-state index < -0.39 is 12.1 Å². The first-order valence-electron chi connectivity index (χ1n) is 44.4. The Kier molecular flexibility index (Phi) is 38.8. The van der Waals surface area contributed by atoms with E-state index in [1.807, 2.05) is 204 Å². The Bertz CT molecular complexity index is 6110. The molecule has 31 heteroatoms. The fourth-order valence-electron chi connectivity index (χ4n) is 13.3. The van der Waals surface area contributed by atoms with Gasteiger partial charge in [-0.1, -0.05) is 180 Å². The number of aliphatic hydroxyl groups excluding tert-OH is 1. The number of phenols is 5. The summed E-state index contributed by atoms with van der Waals surface area (Å²) in [5, 5.41) is 90.5. The van der Waals surface area contributed by atoms with Crippen molar-refractivity contribution < 1.29 is 68.7 Å². The van der Waals surface area contributed by atoms with E-state index in [0.717, 1.165) is 156 Å². The Balaban J connectivity index is 0.000000206. The summed E-state index contributed by atoms with van der Waals surface area (Å²) in [6, 6.07) is 65.8. The van der Waals surface area contributed by atoms with Gasteiger partial charge < -0.3 is 82.3 Å². The highest BCUT2D eigenvalue weighted by atomic mass is 16.6. The normalized spacial score (nSPS) is 12.6. The van der Waals surface area contributed by atoms with E-state index in [1.54, 1.807) is 94.3 Å². The highest BCUT2D eigenvalue weighted by Gasteiger charge is 2.27. The van der Waals surface area contributed by atoms with E-state index in [1.165, 1.54) is 4.68 Å². The molecule has 10 aromatic carbocycles. The third kappa shape index (κ3) is 31.9. The molecule has 15 rings (SSSR count). The lowest BCUT2D eigenvalue weighted by Gasteiger charge is -2.26. The molecule has 31 nitrogen and oxygen atoms in total. The summed E-state index contributed by atoms with van der Waals surface area (Å²) in [6.45, 7) is 43.5. The topological polar surface area (TPSA) is 455 Å². The maximum atomic E-state index is 13.3. The van der Waals surface area contributed by atoms with Gasteiger partial charge in [0.25, 0.3) is 0 Å². The van der Waals surface area contributed by atoms with Crippen LogP contribution in [0.3, 0.4) is 0 Å². The number of nitrogens with two attached hydrogens (primary N) is 4. The molecule has 2 aliphatic heterocycles. The molecule has 2 saturated heterocycles. The number of nitrogen functional groups attached to an aromatic ring is 4. The molecule has 0 aliphatic carbocycles. The maximum absolute atomic E-state index is 13.3. The lowest BCUT2D eigenvalue weighted by molar-refractivity contribution is -0.125. The molecular weight excluding hydrogens is 1710 g/mol. The van der Waals surface area contributed by atoms with E-state index in [0.29, 0.717) is 70.5 Å². The summed E-state index contributed by atoms with van der Waals surface area (Å²) in [7, 11) is 1.00. The zero-order chi connectivity index (χ0) is 99.1. The molecule has 13 aromatic rings. The van der Waals surface area contributed by atoms with Crippen LogP contribution in [0.1, 0.15) is 134 Å². The first-order chi connectivity index (χ1) is 64.0. The predicted molar refractivity (Wildman–Crippen MR) is 538 cm³/mol. The molecule has 0 atom stereocenters. The van der Waals surface area contributed by atoms with Crippen LogP contribution in [0.5, 0.6) is 46.0 Å². The summed E-state index contributed by atoms with van der Waals surface area (Å²) in [5.74, 6) is 9.31. The van der Waals surface area contributed by atoms with Crippen LogP contribution in [0, 0.1) is 51.4 Å². The molecule has 0 bridgehead atoms. The van der Waals surface area contributed by atoms with E-state index in [9.17, 15) is 29.7 Å². The van der Waals surface area contributed by atoms with Crippen LogP contribution in [-0.4, -0.2) is 174 Å². The number of nitrogens with one attached hydrogen (secondary N) is 4. The van der Waals surface area contributed by atoms with Crippen molar-refractivity contribution in [3.8, 4) is 69.1 Å². The average molecular weight is 1850 g/mol. The van der Waals surface area contributed by atoms with Crippen LogP contribution in [0.4, 0.5) is 49.8 Å². The van der Waals surface area contributed by atoms with E-state index in [4.69, 9.17) is 72.4 Å². The Morgan fingerprint density at radius 3 is 1.22 bits per heavy atom. The van der Waals surface area contributed by atoms with Gasteiger partial charge in [0.2, 0.25) is 0 Å². The van der Waals surface area contributed by atoms with Gasteiger partial charge in [-0.3, -0.25) is 31.1 Å². The number of aliphatic hydroxyl groups is 1. The van der Waals surface area contributed by atoms with Gasteiger partial charge in [-0.25, -0.2) is 23.6 Å². The Morgan fingerprint density at radius 1 is 0.430 bits per heavy atom. The molecule has 135 heavy (non-hydrogen) atoms. The minimum Gasteiger partial charge on any atom is -0.506 e. The molecule has 0 unspecified atom stereocenters. The van der Waals surface area contributed by atoms with Gasteiger partial charge >= 0.3 is 12.1 Å². The highest BCUT2D eigenvalue weighted by Crippen LogP contribution is 2.38. The zero-order valence-electron chi connectivity index (χ0n) is 80.7. The van der Waals surface area contributed by atoms with Crippen molar-refractivity contribution in [3.63, 3.8) is 0 Å². The number of urea groups is 1. The zero-order valence-corrected chi connectivity index (χ0v) is 80.7. The number of anilines is 7. The summed E-state index contributed by atoms with van der Waals surface area (Å²) >= 11 is 0. The second-order valence-electron chi connectivity index (χ2n) is 36.3. The average Bonchev–Trinajstić information content (AvgIpc) is 1.54. The number of aryl methyl sites for hydroxylation is 5. The number of hydrogen-bond acceptors (Lipinski definition) is 25. The number of fused-ring (bicyclic) bond motifs is 2. The van der Waals surface area contributed by atoms with Crippen LogP contribution < -0.4 is 58.6 Å². The van der Waals surface area contributed by atoms with Crippen LogP contribution >= 0.6 is 0 Å². The number of hydrazine groups is 1. The van der Waals surface area contributed by atoms with Gasteiger partial charge in [-0.2, -0.15) is 20.6 Å². The van der Waals surface area contributed by atoms with Crippen molar-refractivity contribution in [2.24, 2.45) is 11.3 Å². The number of para-hydroxylation sites is 1. The number of amides is 3. The van der Waals surface area contributed by atoms with Gasteiger partial charge in [0.1, 0.15) is 93.7 Å².